The Kier molecular flexibility index (Phi) is 4.29. The zero-order valence-electron chi connectivity index (χ0n) is 13.5. The summed E-state index contributed by atoms with van der Waals surface area (Å²) in [5, 5.41) is 5.68. The number of sulfonamides is 1. The van der Waals surface area contributed by atoms with E-state index >= 15 is 0 Å². The van der Waals surface area contributed by atoms with E-state index in [1.807, 2.05) is 32.0 Å². The molecular weight excluding hydrogens is 326 g/mol. The van der Waals surface area contributed by atoms with Crippen molar-refractivity contribution in [1.82, 2.24) is 4.72 Å². The first-order valence-corrected chi connectivity index (χ1v) is 9.16. The van der Waals surface area contributed by atoms with E-state index in [2.05, 4.69) is 15.4 Å². The van der Waals surface area contributed by atoms with Crippen molar-refractivity contribution in [1.29, 1.82) is 0 Å². The SMILES string of the molecule is CCc1cccc(NC(=O)[C@@H]2Nc3cc(C)ccc3S(=O)(=O)N2)c1. The second-order valence-electron chi connectivity index (χ2n) is 5.74. The van der Waals surface area contributed by atoms with Crippen LogP contribution in [0, 0.1) is 6.92 Å². The molecule has 2 aromatic rings. The van der Waals surface area contributed by atoms with Crippen LogP contribution >= 0.6 is 0 Å². The van der Waals surface area contributed by atoms with Crippen molar-refractivity contribution in [2.45, 2.75) is 31.3 Å². The number of carbonyl (C=O) groups is 1. The first-order valence-electron chi connectivity index (χ1n) is 7.68. The zero-order valence-corrected chi connectivity index (χ0v) is 14.3. The monoisotopic (exact) mass is 345 g/mol. The number of amides is 1. The van der Waals surface area contributed by atoms with Crippen molar-refractivity contribution in [2.24, 2.45) is 0 Å². The van der Waals surface area contributed by atoms with Gasteiger partial charge in [-0.1, -0.05) is 25.1 Å². The van der Waals surface area contributed by atoms with Gasteiger partial charge in [0.1, 0.15) is 4.90 Å². The van der Waals surface area contributed by atoms with Gasteiger partial charge in [-0.3, -0.25) is 4.79 Å². The first kappa shape index (κ1) is 16.5. The van der Waals surface area contributed by atoms with Crippen LogP contribution in [0.1, 0.15) is 18.1 Å². The Hall–Kier alpha value is -2.38. The maximum absolute atomic E-state index is 12.4. The second-order valence-corrected chi connectivity index (χ2v) is 7.42. The maximum atomic E-state index is 12.4. The van der Waals surface area contributed by atoms with Gasteiger partial charge in [0.05, 0.1) is 5.69 Å². The number of hydrogen-bond acceptors (Lipinski definition) is 4. The van der Waals surface area contributed by atoms with Crippen molar-refractivity contribution in [3.8, 4) is 0 Å². The molecule has 1 amide bonds. The first-order chi connectivity index (χ1) is 11.4. The Morgan fingerprint density at radius 3 is 2.75 bits per heavy atom. The normalized spacial score (nSPS) is 18.3. The van der Waals surface area contributed by atoms with E-state index in [0.717, 1.165) is 17.5 Å². The van der Waals surface area contributed by atoms with E-state index < -0.39 is 22.1 Å². The molecule has 0 aromatic heterocycles. The van der Waals surface area contributed by atoms with Crippen LogP contribution < -0.4 is 15.4 Å². The van der Waals surface area contributed by atoms with Gasteiger partial charge in [0.25, 0.3) is 5.91 Å². The lowest BCUT2D eigenvalue weighted by molar-refractivity contribution is -0.117. The van der Waals surface area contributed by atoms with Crippen molar-refractivity contribution < 1.29 is 13.2 Å². The highest BCUT2D eigenvalue weighted by Gasteiger charge is 2.33. The van der Waals surface area contributed by atoms with Crippen molar-refractivity contribution in [2.75, 3.05) is 10.6 Å². The quantitative estimate of drug-likeness (QED) is 0.796. The molecule has 0 radical (unpaired) electrons. The molecule has 0 fully saturated rings. The molecule has 1 aliphatic rings. The molecule has 2 aromatic carbocycles. The minimum Gasteiger partial charge on any atom is -0.360 e. The lowest BCUT2D eigenvalue weighted by Gasteiger charge is -2.27. The third kappa shape index (κ3) is 3.27. The maximum Gasteiger partial charge on any atom is 0.262 e. The van der Waals surface area contributed by atoms with Gasteiger partial charge in [-0.2, -0.15) is 4.72 Å². The lowest BCUT2D eigenvalue weighted by Crippen LogP contribution is -2.51. The van der Waals surface area contributed by atoms with Gasteiger partial charge in [0.2, 0.25) is 10.0 Å². The summed E-state index contributed by atoms with van der Waals surface area (Å²) in [6.07, 6.45) is -0.209. The standard InChI is InChI=1S/C17H19N3O3S/c1-3-12-5-4-6-13(10-12)18-17(21)16-19-14-9-11(2)7-8-15(14)24(22,23)20-16/h4-10,16,19-20H,3H2,1-2H3,(H,18,21)/t16-/m1/s1. The van der Waals surface area contributed by atoms with E-state index in [0.29, 0.717) is 11.4 Å². The number of benzene rings is 2. The molecule has 1 heterocycles. The Balaban J connectivity index is 1.84. The van der Waals surface area contributed by atoms with Crippen LogP contribution in [0.5, 0.6) is 0 Å². The molecule has 0 spiro atoms. The third-order valence-corrected chi connectivity index (χ3v) is 5.34. The van der Waals surface area contributed by atoms with E-state index in [4.69, 9.17) is 0 Å². The second kappa shape index (κ2) is 6.26. The van der Waals surface area contributed by atoms with Crippen LogP contribution in [-0.4, -0.2) is 20.5 Å². The third-order valence-electron chi connectivity index (χ3n) is 3.86. The summed E-state index contributed by atoms with van der Waals surface area (Å²) < 4.78 is 27.0. The van der Waals surface area contributed by atoms with Crippen LogP contribution in [0.4, 0.5) is 11.4 Å². The van der Waals surface area contributed by atoms with Gasteiger partial charge in [-0.15, -0.1) is 0 Å². The Labute approximate surface area is 141 Å². The highest BCUT2D eigenvalue weighted by Crippen LogP contribution is 2.27. The highest BCUT2D eigenvalue weighted by atomic mass is 32.2. The fraction of sp³-hybridized carbons (Fsp3) is 0.235. The number of nitrogens with one attached hydrogen (secondary N) is 3. The van der Waals surface area contributed by atoms with Crippen molar-refractivity contribution in [3.05, 3.63) is 53.6 Å². The molecule has 0 saturated heterocycles. The average molecular weight is 345 g/mol. The minimum absolute atomic E-state index is 0.144. The molecule has 126 valence electrons. The highest BCUT2D eigenvalue weighted by molar-refractivity contribution is 7.89. The van der Waals surface area contributed by atoms with Gasteiger partial charge in [-0.05, 0) is 48.7 Å². The average Bonchev–Trinajstić information content (AvgIpc) is 2.53. The van der Waals surface area contributed by atoms with Crippen LogP contribution in [0.3, 0.4) is 0 Å². The van der Waals surface area contributed by atoms with E-state index in [9.17, 15) is 13.2 Å². The molecule has 24 heavy (non-hydrogen) atoms. The molecule has 0 bridgehead atoms. The van der Waals surface area contributed by atoms with E-state index in [1.165, 1.54) is 6.07 Å². The fourth-order valence-electron chi connectivity index (χ4n) is 2.60. The van der Waals surface area contributed by atoms with Crippen molar-refractivity contribution >= 4 is 27.3 Å². The van der Waals surface area contributed by atoms with Gasteiger partial charge in [0, 0.05) is 5.69 Å². The fourth-order valence-corrected chi connectivity index (χ4v) is 3.85. The van der Waals surface area contributed by atoms with Gasteiger partial charge >= 0.3 is 0 Å². The number of hydrogen-bond donors (Lipinski definition) is 3. The number of aryl methyl sites for hydroxylation is 2. The van der Waals surface area contributed by atoms with Gasteiger partial charge in [-0.25, -0.2) is 8.42 Å². The number of carbonyl (C=O) groups excluding carboxylic acids is 1. The predicted molar refractivity (Wildman–Crippen MR) is 93.4 cm³/mol. The number of anilines is 2. The Bertz CT molecular complexity index is 894. The summed E-state index contributed by atoms with van der Waals surface area (Å²) in [7, 11) is -3.73. The van der Waals surface area contributed by atoms with Crippen LogP contribution in [0.25, 0.3) is 0 Å². The molecule has 6 nitrogen and oxygen atoms in total. The summed E-state index contributed by atoms with van der Waals surface area (Å²) in [6.45, 7) is 3.89. The summed E-state index contributed by atoms with van der Waals surface area (Å²) in [5.41, 5.74) is 3.06. The van der Waals surface area contributed by atoms with E-state index in [-0.39, 0.29) is 4.90 Å². The van der Waals surface area contributed by atoms with Crippen LogP contribution in [-0.2, 0) is 21.2 Å². The molecule has 7 heteroatoms. The Morgan fingerprint density at radius 1 is 1.21 bits per heavy atom. The molecule has 1 atom stereocenters. The lowest BCUT2D eigenvalue weighted by atomic mass is 10.1. The molecule has 3 rings (SSSR count). The Morgan fingerprint density at radius 2 is 2.00 bits per heavy atom. The zero-order chi connectivity index (χ0) is 17.3. The summed E-state index contributed by atoms with van der Waals surface area (Å²) in [6, 6.07) is 12.4. The molecule has 0 aliphatic carbocycles. The minimum atomic E-state index is -3.73. The summed E-state index contributed by atoms with van der Waals surface area (Å²) in [4.78, 5) is 12.6. The molecule has 3 N–H and O–H groups in total. The van der Waals surface area contributed by atoms with Crippen LogP contribution in [0.2, 0.25) is 0 Å². The number of rotatable bonds is 3. The van der Waals surface area contributed by atoms with Crippen LogP contribution in [0.15, 0.2) is 47.4 Å². The number of fused-ring (bicyclic) bond motifs is 1. The summed E-state index contributed by atoms with van der Waals surface area (Å²) >= 11 is 0. The van der Waals surface area contributed by atoms with E-state index in [1.54, 1.807) is 18.2 Å². The molecule has 0 saturated carbocycles. The molecule has 0 unspecified atom stereocenters. The molecule has 1 aliphatic heterocycles. The largest absolute Gasteiger partial charge is 0.360 e. The predicted octanol–water partition coefficient (Wildman–Crippen LogP) is 2.23. The molecular formula is C17H19N3O3S. The van der Waals surface area contributed by atoms with Gasteiger partial charge < -0.3 is 10.6 Å². The topological polar surface area (TPSA) is 87.3 Å². The smallest absolute Gasteiger partial charge is 0.262 e. The van der Waals surface area contributed by atoms with Crippen molar-refractivity contribution in [3.63, 3.8) is 0 Å². The van der Waals surface area contributed by atoms with Gasteiger partial charge in [0.15, 0.2) is 6.17 Å². The summed E-state index contributed by atoms with van der Waals surface area (Å²) in [5.74, 6) is -0.459.